The van der Waals surface area contributed by atoms with Crippen LogP contribution in [0.25, 0.3) is 0 Å². The molecular weight excluding hydrogens is 240 g/mol. The number of halogens is 1. The third-order valence-corrected chi connectivity index (χ3v) is 3.12. The molecule has 76 valence electrons. The van der Waals surface area contributed by atoms with Gasteiger partial charge in [0.25, 0.3) is 0 Å². The Kier molecular flexibility index (Phi) is 2.54. The van der Waals surface area contributed by atoms with E-state index >= 15 is 0 Å². The second kappa shape index (κ2) is 3.55. The van der Waals surface area contributed by atoms with Crippen LogP contribution < -0.4 is 10.9 Å². The fourth-order valence-electron chi connectivity index (χ4n) is 1.85. The smallest absolute Gasteiger partial charge is 0.0571 e. The third-order valence-electron chi connectivity index (χ3n) is 2.67. The normalized spacial score (nSPS) is 19.6. The van der Waals surface area contributed by atoms with Crippen molar-refractivity contribution in [3.8, 4) is 0 Å². The number of anilines is 1. The van der Waals surface area contributed by atoms with Crippen LogP contribution in [-0.2, 0) is 0 Å². The molecule has 2 rings (SSSR count). The first-order chi connectivity index (χ1) is 6.59. The zero-order valence-corrected chi connectivity index (χ0v) is 10.3. The summed E-state index contributed by atoms with van der Waals surface area (Å²) in [6.45, 7) is 6.59. The van der Waals surface area contributed by atoms with Crippen molar-refractivity contribution in [1.29, 1.82) is 0 Å². The first-order valence-electron chi connectivity index (χ1n) is 4.94. The van der Waals surface area contributed by atoms with E-state index in [1.165, 1.54) is 16.8 Å². The molecule has 1 aromatic rings. The van der Waals surface area contributed by atoms with Crippen molar-refractivity contribution in [1.82, 2.24) is 5.43 Å². The van der Waals surface area contributed by atoms with E-state index in [-0.39, 0.29) is 0 Å². The molecule has 1 unspecified atom stereocenters. The topological polar surface area (TPSA) is 24.1 Å². The number of hydrogen-bond acceptors (Lipinski definition) is 2. The lowest BCUT2D eigenvalue weighted by molar-refractivity contribution is 0.687. The van der Waals surface area contributed by atoms with E-state index in [1.807, 2.05) is 0 Å². The van der Waals surface area contributed by atoms with E-state index in [0.717, 1.165) is 4.47 Å². The zero-order valence-electron chi connectivity index (χ0n) is 8.69. The van der Waals surface area contributed by atoms with Gasteiger partial charge in [-0.1, -0.05) is 29.8 Å². The van der Waals surface area contributed by atoms with Crippen LogP contribution >= 0.6 is 15.9 Å². The van der Waals surface area contributed by atoms with E-state index in [9.17, 15) is 0 Å². The maximum atomic E-state index is 3.56. The van der Waals surface area contributed by atoms with Crippen LogP contribution in [0.3, 0.4) is 0 Å². The van der Waals surface area contributed by atoms with Crippen molar-refractivity contribution in [2.24, 2.45) is 0 Å². The molecule has 0 aromatic heterocycles. The molecule has 0 bridgehead atoms. The van der Waals surface area contributed by atoms with Gasteiger partial charge in [-0.05, 0) is 36.1 Å². The number of hydrazine groups is 1. The van der Waals surface area contributed by atoms with Crippen LogP contribution in [0.4, 0.5) is 5.69 Å². The summed E-state index contributed by atoms with van der Waals surface area (Å²) < 4.78 is 1.16. The molecule has 0 fully saturated rings. The molecule has 1 aromatic carbocycles. The molecule has 14 heavy (non-hydrogen) atoms. The molecule has 0 radical (unpaired) electrons. The van der Waals surface area contributed by atoms with Crippen molar-refractivity contribution in [2.45, 2.75) is 32.7 Å². The summed E-state index contributed by atoms with van der Waals surface area (Å²) in [6.07, 6.45) is 0. The lowest BCUT2D eigenvalue weighted by Gasteiger charge is -2.12. The molecular formula is C11H15BrN2. The molecule has 0 saturated carbocycles. The lowest BCUT2D eigenvalue weighted by atomic mass is 9.96. The van der Waals surface area contributed by atoms with Gasteiger partial charge in [0, 0.05) is 4.47 Å². The van der Waals surface area contributed by atoms with Gasteiger partial charge in [0.2, 0.25) is 0 Å². The molecule has 0 saturated heterocycles. The van der Waals surface area contributed by atoms with Crippen LogP contribution in [0.15, 0.2) is 16.6 Å². The Morgan fingerprint density at radius 3 is 2.71 bits per heavy atom. The molecule has 2 N–H and O–H groups in total. The van der Waals surface area contributed by atoms with Crippen molar-refractivity contribution in [3.05, 3.63) is 27.7 Å². The monoisotopic (exact) mass is 254 g/mol. The number of nitrogens with one attached hydrogen (secondary N) is 2. The summed E-state index contributed by atoms with van der Waals surface area (Å²) >= 11 is 3.56. The van der Waals surface area contributed by atoms with Gasteiger partial charge in [0.1, 0.15) is 0 Å². The van der Waals surface area contributed by atoms with Gasteiger partial charge >= 0.3 is 0 Å². The largest absolute Gasteiger partial charge is 0.320 e. The molecule has 0 spiro atoms. The van der Waals surface area contributed by atoms with Crippen LogP contribution in [0.5, 0.6) is 0 Å². The number of rotatable bonds is 1. The molecule has 1 heterocycles. The van der Waals surface area contributed by atoms with E-state index < -0.39 is 0 Å². The van der Waals surface area contributed by atoms with Gasteiger partial charge in [-0.25, -0.2) is 5.43 Å². The average Bonchev–Trinajstić information content (AvgIpc) is 2.47. The van der Waals surface area contributed by atoms with Crippen molar-refractivity contribution >= 4 is 21.6 Å². The minimum absolute atomic E-state index is 0.389. The summed E-state index contributed by atoms with van der Waals surface area (Å²) in [7, 11) is 0. The standard InChI is InChI=1S/C11H15BrN2/c1-6(2)9-4-8(12)5-10-7(3)13-14-11(9)10/h4-7,13-14H,1-3H3. The van der Waals surface area contributed by atoms with Crippen LogP contribution in [0, 0.1) is 0 Å². The number of hydrogen-bond donors (Lipinski definition) is 2. The summed E-state index contributed by atoms with van der Waals surface area (Å²) in [6, 6.07) is 4.76. The Labute approximate surface area is 93.2 Å². The summed E-state index contributed by atoms with van der Waals surface area (Å²) in [5, 5.41) is 0. The highest BCUT2D eigenvalue weighted by atomic mass is 79.9. The second-order valence-electron chi connectivity index (χ2n) is 4.10. The molecule has 0 aliphatic carbocycles. The molecule has 1 aliphatic heterocycles. The average molecular weight is 255 g/mol. The number of fused-ring (bicyclic) bond motifs is 1. The van der Waals surface area contributed by atoms with Crippen molar-refractivity contribution in [3.63, 3.8) is 0 Å². The van der Waals surface area contributed by atoms with Gasteiger partial charge in [0.05, 0.1) is 11.7 Å². The Morgan fingerprint density at radius 2 is 2.07 bits per heavy atom. The van der Waals surface area contributed by atoms with Gasteiger partial charge in [-0.3, -0.25) is 0 Å². The van der Waals surface area contributed by atoms with Crippen molar-refractivity contribution in [2.75, 3.05) is 5.43 Å². The predicted octanol–water partition coefficient (Wildman–Crippen LogP) is 3.56. The Morgan fingerprint density at radius 1 is 1.36 bits per heavy atom. The maximum absolute atomic E-state index is 3.56. The van der Waals surface area contributed by atoms with E-state index in [2.05, 4.69) is 59.7 Å². The van der Waals surface area contributed by atoms with E-state index in [0.29, 0.717) is 12.0 Å². The Hall–Kier alpha value is -0.540. The highest BCUT2D eigenvalue weighted by Gasteiger charge is 2.22. The van der Waals surface area contributed by atoms with Gasteiger partial charge in [0.15, 0.2) is 0 Å². The van der Waals surface area contributed by atoms with Crippen molar-refractivity contribution < 1.29 is 0 Å². The Balaban J connectivity index is 2.57. The predicted molar refractivity (Wildman–Crippen MR) is 63.4 cm³/mol. The summed E-state index contributed by atoms with van der Waals surface area (Å²) in [5.74, 6) is 0.542. The summed E-state index contributed by atoms with van der Waals surface area (Å²) in [4.78, 5) is 0. The molecule has 2 nitrogen and oxygen atoms in total. The third kappa shape index (κ3) is 1.55. The molecule has 3 heteroatoms. The SMILES string of the molecule is CC(C)c1cc(Br)cc2c1NNC2C. The van der Waals surface area contributed by atoms with Gasteiger partial charge in [-0.15, -0.1) is 0 Å². The highest BCUT2D eigenvalue weighted by Crippen LogP contribution is 2.37. The molecule has 0 amide bonds. The Bertz CT molecular complexity index is 361. The lowest BCUT2D eigenvalue weighted by Crippen LogP contribution is -2.16. The fraction of sp³-hybridized carbons (Fsp3) is 0.455. The molecule has 1 atom stereocenters. The van der Waals surface area contributed by atoms with Gasteiger partial charge in [-0.2, -0.15) is 0 Å². The number of benzene rings is 1. The fourth-order valence-corrected chi connectivity index (χ4v) is 2.34. The summed E-state index contributed by atoms with van der Waals surface area (Å²) in [5.41, 5.74) is 10.5. The zero-order chi connectivity index (χ0) is 10.3. The maximum Gasteiger partial charge on any atom is 0.0571 e. The minimum Gasteiger partial charge on any atom is -0.320 e. The first-order valence-corrected chi connectivity index (χ1v) is 5.73. The van der Waals surface area contributed by atoms with Crippen LogP contribution in [0.1, 0.15) is 43.9 Å². The van der Waals surface area contributed by atoms with Crippen LogP contribution in [-0.4, -0.2) is 0 Å². The van der Waals surface area contributed by atoms with Crippen LogP contribution in [0.2, 0.25) is 0 Å². The van der Waals surface area contributed by atoms with E-state index in [1.54, 1.807) is 0 Å². The first kappa shape index (κ1) is 9.99. The highest BCUT2D eigenvalue weighted by molar-refractivity contribution is 9.10. The minimum atomic E-state index is 0.389. The van der Waals surface area contributed by atoms with E-state index in [4.69, 9.17) is 0 Å². The van der Waals surface area contributed by atoms with Gasteiger partial charge < -0.3 is 5.43 Å². The molecule has 1 aliphatic rings. The second-order valence-corrected chi connectivity index (χ2v) is 5.02. The quantitative estimate of drug-likeness (QED) is 0.801.